The summed E-state index contributed by atoms with van der Waals surface area (Å²) in [6.45, 7) is 5.17. The molecule has 100 valence electrons. The van der Waals surface area contributed by atoms with E-state index in [-0.39, 0.29) is 0 Å². The van der Waals surface area contributed by atoms with Crippen molar-refractivity contribution in [1.82, 2.24) is 5.32 Å². The Balaban J connectivity index is 2.94. The number of carbonyl (C=O) groups excluding carboxylic acids is 1. The Morgan fingerprint density at radius 2 is 2.11 bits per heavy atom. The van der Waals surface area contributed by atoms with Crippen molar-refractivity contribution in [2.45, 2.75) is 38.8 Å². The van der Waals surface area contributed by atoms with Crippen molar-refractivity contribution in [3.05, 3.63) is 35.4 Å². The van der Waals surface area contributed by atoms with E-state index >= 15 is 0 Å². The Labute approximate surface area is 105 Å². The topological polar surface area (TPSA) is 55.1 Å². The van der Waals surface area contributed by atoms with Crippen LogP contribution in [-0.2, 0) is 4.79 Å². The van der Waals surface area contributed by atoms with E-state index in [0.717, 1.165) is 6.07 Å². The lowest BCUT2D eigenvalue weighted by Gasteiger charge is -2.30. The molecule has 0 radical (unpaired) electrons. The van der Waals surface area contributed by atoms with Gasteiger partial charge in [0.15, 0.2) is 0 Å². The molecule has 18 heavy (non-hydrogen) atoms. The van der Waals surface area contributed by atoms with Gasteiger partial charge in [-0.1, -0.05) is 13.0 Å². The molecule has 3 N–H and O–H groups in total. The summed E-state index contributed by atoms with van der Waals surface area (Å²) in [5.41, 5.74) is 4.70. The summed E-state index contributed by atoms with van der Waals surface area (Å²) in [6, 6.07) is 2.92. The number of rotatable bonds is 5. The molecule has 1 aromatic carbocycles. The van der Waals surface area contributed by atoms with Gasteiger partial charge in [-0.3, -0.25) is 10.1 Å². The number of nitrogens with one attached hydrogen (secondary N) is 1. The molecule has 5 heteroatoms. The number of amides is 1. The molecule has 1 amide bonds. The van der Waals surface area contributed by atoms with E-state index in [4.69, 9.17) is 5.73 Å². The minimum absolute atomic E-state index is 0.303. The zero-order valence-corrected chi connectivity index (χ0v) is 10.8. The Morgan fingerprint density at radius 1 is 1.50 bits per heavy atom. The van der Waals surface area contributed by atoms with Crippen molar-refractivity contribution < 1.29 is 13.6 Å². The predicted octanol–water partition coefficient (Wildman–Crippen LogP) is 2.27. The van der Waals surface area contributed by atoms with Crippen LogP contribution in [0.1, 0.15) is 38.8 Å². The summed E-state index contributed by atoms with van der Waals surface area (Å²) < 4.78 is 26.4. The second kappa shape index (κ2) is 5.44. The molecule has 3 nitrogen and oxygen atoms in total. The normalized spacial score (nSPS) is 16.1. The van der Waals surface area contributed by atoms with Gasteiger partial charge in [-0.25, -0.2) is 8.78 Å². The van der Waals surface area contributed by atoms with Gasteiger partial charge in [0.1, 0.15) is 11.6 Å². The highest BCUT2D eigenvalue weighted by molar-refractivity contribution is 5.84. The fourth-order valence-electron chi connectivity index (χ4n) is 1.76. The van der Waals surface area contributed by atoms with Crippen molar-refractivity contribution in [2.75, 3.05) is 0 Å². The van der Waals surface area contributed by atoms with Crippen LogP contribution in [0, 0.1) is 11.6 Å². The fraction of sp³-hybridized carbons (Fsp3) is 0.462. The van der Waals surface area contributed by atoms with Crippen LogP contribution >= 0.6 is 0 Å². The highest BCUT2D eigenvalue weighted by atomic mass is 19.1. The molecule has 0 aliphatic heterocycles. The molecule has 1 aromatic rings. The third-order valence-electron chi connectivity index (χ3n) is 3.22. The number of primary amides is 1. The van der Waals surface area contributed by atoms with Crippen LogP contribution in [0.3, 0.4) is 0 Å². The first-order valence-corrected chi connectivity index (χ1v) is 5.82. The molecule has 2 atom stereocenters. The zero-order valence-electron chi connectivity index (χ0n) is 10.8. The highest BCUT2D eigenvalue weighted by Gasteiger charge is 2.31. The molecule has 0 saturated carbocycles. The lowest BCUT2D eigenvalue weighted by atomic mass is 9.95. The Kier molecular flexibility index (Phi) is 4.40. The van der Waals surface area contributed by atoms with Crippen molar-refractivity contribution in [1.29, 1.82) is 0 Å². The standard InChI is InChI=1S/C13H18F2N2O/c1-4-13(3,12(16)18)17-8(2)10-6-5-9(14)7-11(10)15/h5-8,17H,4H2,1-3H3,(H2,16,18). The molecule has 1 rings (SSSR count). The van der Waals surface area contributed by atoms with Crippen LogP contribution in [0.15, 0.2) is 18.2 Å². The number of hydrogen-bond donors (Lipinski definition) is 2. The zero-order chi connectivity index (χ0) is 13.9. The van der Waals surface area contributed by atoms with Gasteiger partial charge in [0.2, 0.25) is 5.91 Å². The van der Waals surface area contributed by atoms with E-state index < -0.39 is 29.1 Å². The molecule has 0 heterocycles. The quantitative estimate of drug-likeness (QED) is 0.849. The van der Waals surface area contributed by atoms with Gasteiger partial charge in [-0.05, 0) is 26.3 Å². The Bertz CT molecular complexity index is 451. The van der Waals surface area contributed by atoms with Crippen molar-refractivity contribution >= 4 is 5.91 Å². The van der Waals surface area contributed by atoms with E-state index in [1.165, 1.54) is 12.1 Å². The fourth-order valence-corrected chi connectivity index (χ4v) is 1.76. The van der Waals surface area contributed by atoms with Gasteiger partial charge in [-0.15, -0.1) is 0 Å². The largest absolute Gasteiger partial charge is 0.368 e. The minimum atomic E-state index is -0.916. The first kappa shape index (κ1) is 14.6. The van der Waals surface area contributed by atoms with Crippen molar-refractivity contribution in [3.63, 3.8) is 0 Å². The van der Waals surface area contributed by atoms with Gasteiger partial charge in [0.25, 0.3) is 0 Å². The van der Waals surface area contributed by atoms with E-state index in [9.17, 15) is 13.6 Å². The molecule has 2 unspecified atom stereocenters. The minimum Gasteiger partial charge on any atom is -0.368 e. The number of nitrogens with two attached hydrogens (primary N) is 1. The Morgan fingerprint density at radius 3 is 2.56 bits per heavy atom. The summed E-state index contributed by atoms with van der Waals surface area (Å²) in [5.74, 6) is -1.77. The van der Waals surface area contributed by atoms with Crippen LogP contribution in [0.5, 0.6) is 0 Å². The monoisotopic (exact) mass is 256 g/mol. The van der Waals surface area contributed by atoms with Crippen LogP contribution in [0.25, 0.3) is 0 Å². The van der Waals surface area contributed by atoms with E-state index in [1.54, 1.807) is 13.8 Å². The predicted molar refractivity (Wildman–Crippen MR) is 65.8 cm³/mol. The van der Waals surface area contributed by atoms with Crippen LogP contribution in [-0.4, -0.2) is 11.4 Å². The lowest BCUT2D eigenvalue weighted by Crippen LogP contribution is -2.53. The summed E-state index contributed by atoms with van der Waals surface area (Å²) in [5, 5.41) is 2.98. The summed E-state index contributed by atoms with van der Waals surface area (Å²) in [7, 11) is 0. The molecule has 0 saturated heterocycles. The molecular formula is C13H18F2N2O. The van der Waals surface area contributed by atoms with E-state index in [2.05, 4.69) is 5.32 Å². The second-order valence-electron chi connectivity index (χ2n) is 4.58. The van der Waals surface area contributed by atoms with Gasteiger partial charge in [-0.2, -0.15) is 0 Å². The maximum absolute atomic E-state index is 13.6. The molecule has 0 bridgehead atoms. The molecule has 0 aliphatic carbocycles. The number of carbonyl (C=O) groups is 1. The molecule has 0 aromatic heterocycles. The number of benzene rings is 1. The highest BCUT2D eigenvalue weighted by Crippen LogP contribution is 2.21. The van der Waals surface area contributed by atoms with E-state index in [0.29, 0.717) is 12.0 Å². The van der Waals surface area contributed by atoms with Crippen LogP contribution < -0.4 is 11.1 Å². The molecule has 0 aliphatic rings. The summed E-state index contributed by atoms with van der Waals surface area (Å²) >= 11 is 0. The van der Waals surface area contributed by atoms with Crippen LogP contribution in [0.4, 0.5) is 8.78 Å². The van der Waals surface area contributed by atoms with Gasteiger partial charge in [0, 0.05) is 17.7 Å². The molecule has 0 spiro atoms. The van der Waals surface area contributed by atoms with Gasteiger partial charge < -0.3 is 5.73 Å². The Hall–Kier alpha value is -1.49. The summed E-state index contributed by atoms with van der Waals surface area (Å²) in [4.78, 5) is 11.4. The summed E-state index contributed by atoms with van der Waals surface area (Å²) in [6.07, 6.45) is 0.482. The second-order valence-corrected chi connectivity index (χ2v) is 4.58. The van der Waals surface area contributed by atoms with Crippen molar-refractivity contribution in [2.24, 2.45) is 5.73 Å². The van der Waals surface area contributed by atoms with Gasteiger partial charge in [0.05, 0.1) is 5.54 Å². The first-order chi connectivity index (χ1) is 8.30. The third kappa shape index (κ3) is 3.04. The molecular weight excluding hydrogens is 238 g/mol. The number of halogens is 2. The average molecular weight is 256 g/mol. The van der Waals surface area contributed by atoms with Crippen molar-refractivity contribution in [3.8, 4) is 0 Å². The van der Waals surface area contributed by atoms with Crippen LogP contribution in [0.2, 0.25) is 0 Å². The number of hydrogen-bond acceptors (Lipinski definition) is 2. The SMILES string of the molecule is CCC(C)(NC(C)c1ccc(F)cc1F)C(N)=O. The lowest BCUT2D eigenvalue weighted by molar-refractivity contribution is -0.124. The third-order valence-corrected chi connectivity index (χ3v) is 3.22. The maximum Gasteiger partial charge on any atom is 0.237 e. The first-order valence-electron chi connectivity index (χ1n) is 5.82. The molecule has 0 fully saturated rings. The maximum atomic E-state index is 13.6. The van der Waals surface area contributed by atoms with E-state index in [1.807, 2.05) is 6.92 Å². The van der Waals surface area contributed by atoms with Gasteiger partial charge >= 0.3 is 0 Å². The average Bonchev–Trinajstić information content (AvgIpc) is 2.28. The smallest absolute Gasteiger partial charge is 0.237 e.